The Kier molecular flexibility index (Phi) is 8.03. The second-order valence-corrected chi connectivity index (χ2v) is 7.14. The van der Waals surface area contributed by atoms with Crippen LogP contribution >= 0.6 is 0 Å². The summed E-state index contributed by atoms with van der Waals surface area (Å²) in [6, 6.07) is 9.49. The molecule has 0 radical (unpaired) electrons. The van der Waals surface area contributed by atoms with Crippen molar-refractivity contribution >= 4 is 17.6 Å². The number of anilines is 1. The number of ether oxygens (including phenoxy) is 2. The Morgan fingerprint density at radius 2 is 2.00 bits per heavy atom. The maximum absolute atomic E-state index is 11.9. The van der Waals surface area contributed by atoms with Crippen LogP contribution in [0.25, 0.3) is 0 Å². The number of furan rings is 1. The minimum Gasteiger partial charge on any atom is -0.497 e. The van der Waals surface area contributed by atoms with Crippen LogP contribution in [0, 0.1) is 0 Å². The van der Waals surface area contributed by atoms with Crippen LogP contribution in [0.15, 0.2) is 46.0 Å². The Balaban J connectivity index is 1.52. The van der Waals surface area contributed by atoms with Gasteiger partial charge in [0.05, 0.1) is 27.0 Å². The highest BCUT2D eigenvalue weighted by molar-refractivity contribution is 5.91. The van der Waals surface area contributed by atoms with Crippen LogP contribution in [0.3, 0.4) is 0 Å². The molecule has 1 atom stereocenters. The van der Waals surface area contributed by atoms with E-state index in [0.717, 1.165) is 49.2 Å². The van der Waals surface area contributed by atoms with Crippen LogP contribution in [-0.4, -0.2) is 64.9 Å². The first kappa shape index (κ1) is 22.3. The maximum Gasteiger partial charge on any atom is 0.287 e. The van der Waals surface area contributed by atoms with Crippen molar-refractivity contribution in [3.8, 4) is 11.5 Å². The van der Waals surface area contributed by atoms with Crippen LogP contribution in [0.2, 0.25) is 0 Å². The fraction of sp³-hybridized carbons (Fsp3) is 0.455. The van der Waals surface area contributed by atoms with Gasteiger partial charge in [-0.25, -0.2) is 0 Å². The van der Waals surface area contributed by atoms with E-state index in [2.05, 4.69) is 25.8 Å². The van der Waals surface area contributed by atoms with E-state index in [1.807, 2.05) is 25.1 Å². The van der Waals surface area contributed by atoms with E-state index in [-0.39, 0.29) is 11.9 Å². The highest BCUT2D eigenvalue weighted by atomic mass is 16.5. The first-order valence-corrected chi connectivity index (χ1v) is 10.5. The van der Waals surface area contributed by atoms with Crippen LogP contribution in [0.4, 0.5) is 5.69 Å². The molecule has 1 saturated heterocycles. The second kappa shape index (κ2) is 11.1. The van der Waals surface area contributed by atoms with Crippen molar-refractivity contribution < 1.29 is 18.7 Å². The Labute approximate surface area is 182 Å². The minimum atomic E-state index is -0.238. The number of benzene rings is 1. The highest BCUT2D eigenvalue weighted by Crippen LogP contribution is 2.30. The SMILES string of the molecule is CCNC(=NCCNC(=O)c1ccco1)NC1CCN(c2cc(OC)cc(OC)c2)C1. The number of amides is 1. The van der Waals surface area contributed by atoms with Gasteiger partial charge in [0.1, 0.15) is 11.5 Å². The number of carbonyl (C=O) groups is 1. The Morgan fingerprint density at radius 1 is 1.23 bits per heavy atom. The molecule has 1 aliphatic rings. The molecule has 1 aromatic carbocycles. The van der Waals surface area contributed by atoms with Crippen molar-refractivity contribution in [3.63, 3.8) is 0 Å². The number of hydrogen-bond donors (Lipinski definition) is 3. The van der Waals surface area contributed by atoms with Crippen molar-refractivity contribution in [3.05, 3.63) is 42.4 Å². The summed E-state index contributed by atoms with van der Waals surface area (Å²) in [6.07, 6.45) is 2.46. The summed E-state index contributed by atoms with van der Waals surface area (Å²) >= 11 is 0. The summed E-state index contributed by atoms with van der Waals surface area (Å²) in [7, 11) is 3.31. The van der Waals surface area contributed by atoms with E-state index < -0.39 is 0 Å². The zero-order valence-corrected chi connectivity index (χ0v) is 18.3. The zero-order valence-electron chi connectivity index (χ0n) is 18.3. The lowest BCUT2D eigenvalue weighted by Crippen LogP contribution is -2.45. The quantitative estimate of drug-likeness (QED) is 0.318. The molecule has 3 rings (SSSR count). The molecular weight excluding hydrogens is 398 g/mol. The average Bonchev–Trinajstić information content (AvgIpc) is 3.48. The van der Waals surface area contributed by atoms with E-state index in [0.29, 0.717) is 18.8 Å². The fourth-order valence-electron chi connectivity index (χ4n) is 3.43. The summed E-state index contributed by atoms with van der Waals surface area (Å²) in [5, 5.41) is 9.56. The van der Waals surface area contributed by atoms with E-state index in [4.69, 9.17) is 13.9 Å². The number of hydrogen-bond acceptors (Lipinski definition) is 6. The number of rotatable bonds is 9. The molecule has 0 spiro atoms. The van der Waals surface area contributed by atoms with E-state index in [1.165, 1.54) is 6.26 Å². The van der Waals surface area contributed by atoms with Crippen LogP contribution in [-0.2, 0) is 0 Å². The highest BCUT2D eigenvalue weighted by Gasteiger charge is 2.24. The van der Waals surface area contributed by atoms with Crippen LogP contribution < -0.4 is 30.3 Å². The van der Waals surface area contributed by atoms with Gasteiger partial charge in [-0.3, -0.25) is 9.79 Å². The summed E-state index contributed by atoms with van der Waals surface area (Å²) in [5.41, 5.74) is 1.07. The topological polar surface area (TPSA) is 100 Å². The predicted octanol–water partition coefficient (Wildman–Crippen LogP) is 1.86. The van der Waals surface area contributed by atoms with Crippen LogP contribution in [0.1, 0.15) is 23.9 Å². The molecule has 168 valence electrons. The molecule has 2 aromatic rings. The number of guanidine groups is 1. The third-order valence-corrected chi connectivity index (χ3v) is 4.99. The van der Waals surface area contributed by atoms with Gasteiger partial charge in [-0.15, -0.1) is 0 Å². The number of nitrogens with one attached hydrogen (secondary N) is 3. The molecular formula is C22H31N5O4. The zero-order chi connectivity index (χ0) is 22.1. The van der Waals surface area contributed by atoms with Crippen molar-refractivity contribution in [1.29, 1.82) is 0 Å². The van der Waals surface area contributed by atoms with Gasteiger partial charge < -0.3 is 34.7 Å². The molecule has 9 nitrogen and oxygen atoms in total. The van der Waals surface area contributed by atoms with E-state index in [9.17, 15) is 4.79 Å². The van der Waals surface area contributed by atoms with Gasteiger partial charge in [-0.05, 0) is 25.5 Å². The van der Waals surface area contributed by atoms with Crippen LogP contribution in [0.5, 0.6) is 11.5 Å². The smallest absolute Gasteiger partial charge is 0.287 e. The molecule has 0 saturated carbocycles. The summed E-state index contributed by atoms with van der Waals surface area (Å²) in [4.78, 5) is 18.8. The normalized spacial score (nSPS) is 16.2. The number of methoxy groups -OCH3 is 2. The molecule has 1 aliphatic heterocycles. The van der Waals surface area contributed by atoms with Gasteiger partial charge in [-0.2, -0.15) is 0 Å². The molecule has 0 bridgehead atoms. The lowest BCUT2D eigenvalue weighted by molar-refractivity contribution is 0.0927. The Hall–Kier alpha value is -3.36. The van der Waals surface area contributed by atoms with Gasteiger partial charge >= 0.3 is 0 Å². The monoisotopic (exact) mass is 429 g/mol. The molecule has 2 heterocycles. The van der Waals surface area contributed by atoms with Gasteiger partial charge in [-0.1, -0.05) is 0 Å². The lowest BCUT2D eigenvalue weighted by atomic mass is 10.2. The average molecular weight is 430 g/mol. The molecule has 1 unspecified atom stereocenters. The molecule has 1 aromatic heterocycles. The van der Waals surface area contributed by atoms with Crippen molar-refractivity contribution in [2.75, 3.05) is 51.8 Å². The van der Waals surface area contributed by atoms with Gasteiger partial charge in [0, 0.05) is 56.1 Å². The Bertz CT molecular complexity index is 847. The van der Waals surface area contributed by atoms with Crippen molar-refractivity contribution in [1.82, 2.24) is 16.0 Å². The van der Waals surface area contributed by atoms with E-state index >= 15 is 0 Å². The first-order valence-electron chi connectivity index (χ1n) is 10.5. The first-order chi connectivity index (χ1) is 15.1. The number of nitrogens with zero attached hydrogens (tertiary/aromatic N) is 2. The minimum absolute atomic E-state index is 0.238. The summed E-state index contributed by atoms with van der Waals surface area (Å²) in [5.74, 6) is 2.35. The number of carbonyl (C=O) groups excluding carboxylic acids is 1. The Morgan fingerprint density at radius 3 is 2.65 bits per heavy atom. The second-order valence-electron chi connectivity index (χ2n) is 7.14. The standard InChI is InChI=1S/C22H31N5O4/c1-4-23-22(25-9-8-24-21(28)20-6-5-11-31-20)26-16-7-10-27(15-16)17-12-18(29-2)14-19(13-17)30-3/h5-6,11-14,16H,4,7-10,15H2,1-3H3,(H,24,28)(H2,23,25,26). The third-order valence-electron chi connectivity index (χ3n) is 4.99. The largest absolute Gasteiger partial charge is 0.497 e. The molecule has 0 aliphatic carbocycles. The molecule has 1 fully saturated rings. The molecule has 3 N–H and O–H groups in total. The fourth-order valence-corrected chi connectivity index (χ4v) is 3.43. The molecule has 1 amide bonds. The summed E-state index contributed by atoms with van der Waals surface area (Å²) in [6.45, 7) is 5.44. The predicted molar refractivity (Wildman–Crippen MR) is 120 cm³/mol. The lowest BCUT2D eigenvalue weighted by Gasteiger charge is -2.21. The van der Waals surface area contributed by atoms with Crippen molar-refractivity contribution in [2.45, 2.75) is 19.4 Å². The van der Waals surface area contributed by atoms with Gasteiger partial charge in [0.25, 0.3) is 5.91 Å². The third kappa shape index (κ3) is 6.31. The maximum atomic E-state index is 11.9. The molecule has 9 heteroatoms. The van der Waals surface area contributed by atoms with Gasteiger partial charge in [0.15, 0.2) is 11.7 Å². The van der Waals surface area contributed by atoms with Gasteiger partial charge in [0.2, 0.25) is 0 Å². The number of aliphatic imine (C=N–C) groups is 1. The molecule has 31 heavy (non-hydrogen) atoms. The van der Waals surface area contributed by atoms with Crippen molar-refractivity contribution in [2.24, 2.45) is 4.99 Å². The van der Waals surface area contributed by atoms with E-state index in [1.54, 1.807) is 26.4 Å². The summed E-state index contributed by atoms with van der Waals surface area (Å²) < 4.78 is 15.9.